The molecule has 0 unspecified atom stereocenters. The van der Waals surface area contributed by atoms with Crippen molar-refractivity contribution in [1.82, 2.24) is 0 Å². The topological polar surface area (TPSA) is 0 Å². The Morgan fingerprint density at radius 3 is 1.00 bits per heavy atom. The maximum absolute atomic E-state index is 0. The van der Waals surface area contributed by atoms with Gasteiger partial charge in [-0.25, -0.2) is 0 Å². The first-order valence-corrected chi connectivity index (χ1v) is 0. The van der Waals surface area contributed by atoms with Gasteiger partial charge in [-0.05, 0) is 0 Å². The summed E-state index contributed by atoms with van der Waals surface area (Å²) in [7, 11) is 0. The van der Waals surface area contributed by atoms with Gasteiger partial charge in [-0.2, -0.15) is 0 Å². The van der Waals surface area contributed by atoms with E-state index in [1.807, 2.05) is 0 Å². The van der Waals surface area contributed by atoms with Crippen LogP contribution < -0.4 is 0 Å². The minimum atomic E-state index is 0. The first-order valence-electron chi connectivity index (χ1n) is 0. The summed E-state index contributed by atoms with van der Waals surface area (Å²) in [5.41, 5.74) is 0. The largest absolute Gasteiger partial charge is 0.0776 e. The Morgan fingerprint density at radius 1 is 1.00 bits per heavy atom. The van der Waals surface area contributed by atoms with Gasteiger partial charge >= 0.3 is 0 Å². The molecule has 0 nitrogen and oxygen atoms in total. The maximum Gasteiger partial charge on any atom is 0 e. The monoisotopic (exact) mass is 310 g/mol. The minimum Gasteiger partial charge on any atom is -0.0776 e. The molecule has 0 aliphatic heterocycles. The van der Waals surface area contributed by atoms with E-state index < -0.39 is 0 Å². The van der Waals surface area contributed by atoms with E-state index in [2.05, 4.69) is 0 Å². The molecule has 0 saturated carbocycles. The number of rotatable bonds is 0. The van der Waals surface area contributed by atoms with Gasteiger partial charge in [-0.3, -0.25) is 0 Å². The van der Waals surface area contributed by atoms with E-state index in [0.29, 0.717) is 0 Å². The Labute approximate surface area is 62.0 Å². The van der Waals surface area contributed by atoms with Crippen LogP contribution in [0.3, 0.4) is 0 Å². The summed E-state index contributed by atoms with van der Waals surface area (Å²) in [4.78, 5) is 0. The first-order chi connectivity index (χ1) is 0. The molecule has 0 fully saturated rings. The molecule has 0 aliphatic rings. The van der Waals surface area contributed by atoms with E-state index in [4.69, 9.17) is 0 Å². The summed E-state index contributed by atoms with van der Waals surface area (Å²) < 4.78 is 0. The molecule has 0 spiro atoms. The van der Waals surface area contributed by atoms with E-state index in [0.717, 1.165) is 0 Å². The zero-order valence-corrected chi connectivity index (χ0v) is 6.33. The molecule has 0 aromatic heterocycles. The van der Waals surface area contributed by atoms with Crippen molar-refractivity contribution in [1.29, 1.82) is 0 Å². The van der Waals surface area contributed by atoms with Crippen LogP contribution in [0.15, 0.2) is 0 Å². The van der Waals surface area contributed by atoms with E-state index in [9.17, 15) is 0 Å². The van der Waals surface area contributed by atoms with Gasteiger partial charge < -0.3 is 0 Å². The molecule has 0 aromatic carbocycles. The number of hydrogen-bond acceptors (Lipinski definition) is 0. The van der Waals surface area contributed by atoms with Gasteiger partial charge in [-0.1, -0.05) is 7.43 Å². The summed E-state index contributed by atoms with van der Waals surface area (Å²) in [5.74, 6) is 0. The molecule has 4 heavy (non-hydrogen) atoms. The predicted molar refractivity (Wildman–Crippen MR) is 6.73 cm³/mol. The third-order valence-electron chi connectivity index (χ3n) is 0. The van der Waals surface area contributed by atoms with E-state index in [-0.39, 0.29) is 62.3 Å². The third-order valence-corrected chi connectivity index (χ3v) is 0. The van der Waals surface area contributed by atoms with Crippen LogP contribution in [0.1, 0.15) is 7.43 Å². The fourth-order valence-corrected chi connectivity index (χ4v) is 0. The molecule has 0 heterocycles. The molecular weight excluding hydrogens is 307 g/mol. The molecular formula is CH4CrNiW. The molecule has 0 N–H and O–H groups in total. The second-order valence-corrected chi connectivity index (χ2v) is 0. The average Bonchev–Trinajstić information content (AvgIpc) is 0. The Kier molecular flexibility index (Phi) is 239. The SMILES string of the molecule is C.[Cr].[Ni].[W]. The van der Waals surface area contributed by atoms with Crippen LogP contribution in [0, 0.1) is 0 Å². The smallest absolute Gasteiger partial charge is 0 e. The summed E-state index contributed by atoms with van der Waals surface area (Å²) in [6, 6.07) is 0. The van der Waals surface area contributed by atoms with Gasteiger partial charge in [0.05, 0.1) is 0 Å². The summed E-state index contributed by atoms with van der Waals surface area (Å²) in [6.07, 6.45) is 0. The van der Waals surface area contributed by atoms with Gasteiger partial charge in [0.2, 0.25) is 0 Å². The Bertz CT molecular complexity index is 8.00. The molecule has 0 bridgehead atoms. The van der Waals surface area contributed by atoms with Gasteiger partial charge in [0, 0.05) is 54.9 Å². The van der Waals surface area contributed by atoms with E-state index in [1.165, 1.54) is 0 Å². The maximum atomic E-state index is 0. The Morgan fingerprint density at radius 2 is 1.00 bits per heavy atom. The van der Waals surface area contributed by atoms with Crippen LogP contribution >= 0.6 is 0 Å². The van der Waals surface area contributed by atoms with E-state index >= 15 is 0 Å². The van der Waals surface area contributed by atoms with Crippen molar-refractivity contribution in [2.24, 2.45) is 0 Å². The third kappa shape index (κ3) is 9.31. The molecule has 0 aromatic rings. The van der Waals surface area contributed by atoms with E-state index in [1.54, 1.807) is 0 Å². The molecule has 30 valence electrons. The molecule has 0 saturated heterocycles. The average molecular weight is 311 g/mol. The van der Waals surface area contributed by atoms with Crippen molar-refractivity contribution >= 4 is 0 Å². The molecule has 3 heteroatoms. The normalized spacial score (nSPS) is 0. The summed E-state index contributed by atoms with van der Waals surface area (Å²) >= 11 is 0. The molecule has 0 atom stereocenters. The predicted octanol–water partition coefficient (Wildman–Crippen LogP) is 0.629. The fourth-order valence-electron chi connectivity index (χ4n) is 0. The first kappa shape index (κ1) is 43.2. The zero-order valence-electron chi connectivity index (χ0n) is 1.13. The van der Waals surface area contributed by atoms with Crippen molar-refractivity contribution in [3.05, 3.63) is 0 Å². The van der Waals surface area contributed by atoms with Crippen molar-refractivity contribution in [2.75, 3.05) is 0 Å². The summed E-state index contributed by atoms with van der Waals surface area (Å²) in [5, 5.41) is 0. The molecule has 0 amide bonds. The van der Waals surface area contributed by atoms with Crippen molar-refractivity contribution in [2.45, 2.75) is 7.43 Å². The zero-order chi connectivity index (χ0) is 0. The Balaban J connectivity index is 0. The van der Waals surface area contributed by atoms with Gasteiger partial charge in [0.1, 0.15) is 0 Å². The van der Waals surface area contributed by atoms with Crippen LogP contribution in [0.4, 0.5) is 0 Å². The quantitative estimate of drug-likeness (QED) is 0.576. The van der Waals surface area contributed by atoms with Crippen molar-refractivity contribution in [3.63, 3.8) is 0 Å². The second-order valence-electron chi connectivity index (χ2n) is 0. The van der Waals surface area contributed by atoms with Crippen LogP contribution in [-0.2, 0) is 54.9 Å². The van der Waals surface area contributed by atoms with Crippen LogP contribution in [0.25, 0.3) is 0 Å². The number of hydrogen-bond donors (Lipinski definition) is 0. The van der Waals surface area contributed by atoms with Crippen LogP contribution in [0.2, 0.25) is 0 Å². The second kappa shape index (κ2) is 22.1. The fraction of sp³-hybridized carbons (Fsp3) is 1.00. The molecule has 0 radical (unpaired) electrons. The molecule has 0 aliphatic carbocycles. The van der Waals surface area contributed by atoms with Crippen LogP contribution in [-0.4, -0.2) is 0 Å². The summed E-state index contributed by atoms with van der Waals surface area (Å²) in [6.45, 7) is 0. The van der Waals surface area contributed by atoms with Gasteiger partial charge in [-0.15, -0.1) is 0 Å². The van der Waals surface area contributed by atoms with Gasteiger partial charge in [0.15, 0.2) is 0 Å². The van der Waals surface area contributed by atoms with Crippen molar-refractivity contribution in [3.8, 4) is 0 Å². The minimum absolute atomic E-state index is 0. The van der Waals surface area contributed by atoms with Crippen LogP contribution in [0.5, 0.6) is 0 Å². The standard InChI is InChI=1S/CH4.Cr.Ni.W/h1H4;;;. The van der Waals surface area contributed by atoms with Crippen molar-refractivity contribution < 1.29 is 54.9 Å². The Hall–Kier alpha value is 1.71. The molecule has 0 rings (SSSR count). The van der Waals surface area contributed by atoms with Gasteiger partial charge in [0.25, 0.3) is 0 Å².